The summed E-state index contributed by atoms with van der Waals surface area (Å²) in [5.74, 6) is -0.586. The van der Waals surface area contributed by atoms with E-state index in [1.807, 2.05) is 6.92 Å². The first-order chi connectivity index (χ1) is 16.8. The van der Waals surface area contributed by atoms with Gasteiger partial charge in [-0.05, 0) is 61.7 Å². The molecule has 182 valence electrons. The SMILES string of the molecule is Cc1cc(Cl)cc(Cl)c1CNC(=O)c1cccc(-c2cnc(N)c(C(=O)N[C@H]3CCCNC3)n2)c1. The van der Waals surface area contributed by atoms with Crippen molar-refractivity contribution in [3.63, 3.8) is 0 Å². The molecule has 0 bridgehead atoms. The van der Waals surface area contributed by atoms with Gasteiger partial charge in [0.25, 0.3) is 11.8 Å². The molecule has 1 aliphatic rings. The quantitative estimate of drug-likeness (QED) is 0.398. The van der Waals surface area contributed by atoms with Crippen LogP contribution in [0.4, 0.5) is 5.82 Å². The van der Waals surface area contributed by atoms with Crippen LogP contribution in [0.5, 0.6) is 0 Å². The monoisotopic (exact) mass is 512 g/mol. The van der Waals surface area contributed by atoms with Gasteiger partial charge >= 0.3 is 0 Å². The number of aryl methyl sites for hydroxylation is 1. The standard InChI is InChI=1S/C25H26Cl2N6O2/c1-14-8-17(26)10-20(27)19(14)12-31-24(34)16-5-2-4-15(9-16)21-13-30-23(28)22(33-21)25(35)32-18-6-3-7-29-11-18/h2,4-5,8-10,13,18,29H,3,6-7,11-12H2,1H3,(H2,28,30)(H,31,34)(H,32,35)/t18-/m0/s1. The molecule has 10 heteroatoms. The van der Waals surface area contributed by atoms with Gasteiger partial charge in [-0.3, -0.25) is 9.59 Å². The number of halogens is 2. The van der Waals surface area contributed by atoms with Crippen molar-refractivity contribution in [3.05, 3.63) is 75.0 Å². The normalized spacial score (nSPS) is 15.5. The number of carbonyl (C=O) groups excluding carboxylic acids is 2. The molecular formula is C25H26Cl2N6O2. The van der Waals surface area contributed by atoms with Gasteiger partial charge < -0.3 is 21.7 Å². The van der Waals surface area contributed by atoms with E-state index in [0.717, 1.165) is 30.5 Å². The summed E-state index contributed by atoms with van der Waals surface area (Å²) in [4.78, 5) is 34.2. The van der Waals surface area contributed by atoms with Crippen molar-refractivity contribution in [2.75, 3.05) is 18.8 Å². The third kappa shape index (κ3) is 6.08. The number of nitrogens with one attached hydrogen (secondary N) is 3. The van der Waals surface area contributed by atoms with Crippen LogP contribution in [0.1, 0.15) is 44.8 Å². The van der Waals surface area contributed by atoms with E-state index in [4.69, 9.17) is 28.9 Å². The zero-order chi connectivity index (χ0) is 24.9. The molecule has 2 amide bonds. The summed E-state index contributed by atoms with van der Waals surface area (Å²) in [6.07, 6.45) is 3.37. The second kappa shape index (κ2) is 11.0. The fraction of sp³-hybridized carbons (Fsp3) is 0.280. The summed E-state index contributed by atoms with van der Waals surface area (Å²) < 4.78 is 0. The second-order valence-electron chi connectivity index (χ2n) is 8.45. The Hall–Kier alpha value is -3.20. The van der Waals surface area contributed by atoms with Crippen molar-refractivity contribution in [2.45, 2.75) is 32.4 Å². The van der Waals surface area contributed by atoms with Gasteiger partial charge in [0.1, 0.15) is 0 Å². The zero-order valence-electron chi connectivity index (χ0n) is 19.2. The molecule has 3 aromatic rings. The number of nitrogens with zero attached hydrogens (tertiary/aromatic N) is 2. The maximum atomic E-state index is 12.8. The topological polar surface area (TPSA) is 122 Å². The van der Waals surface area contributed by atoms with Gasteiger partial charge in [-0.2, -0.15) is 0 Å². The van der Waals surface area contributed by atoms with Gasteiger partial charge in [-0.25, -0.2) is 9.97 Å². The zero-order valence-corrected chi connectivity index (χ0v) is 20.7. The molecule has 5 N–H and O–H groups in total. The molecule has 0 saturated carbocycles. The summed E-state index contributed by atoms with van der Waals surface area (Å²) in [5, 5.41) is 10.1. The number of anilines is 1. The highest BCUT2D eigenvalue weighted by molar-refractivity contribution is 6.35. The maximum absolute atomic E-state index is 12.8. The van der Waals surface area contributed by atoms with Gasteiger partial charge in [0.15, 0.2) is 11.5 Å². The van der Waals surface area contributed by atoms with Crippen LogP contribution in [0.2, 0.25) is 10.0 Å². The van der Waals surface area contributed by atoms with E-state index in [9.17, 15) is 9.59 Å². The molecule has 35 heavy (non-hydrogen) atoms. The third-order valence-electron chi connectivity index (χ3n) is 5.88. The van der Waals surface area contributed by atoms with Gasteiger partial charge in [0.05, 0.1) is 11.9 Å². The average Bonchev–Trinajstić information content (AvgIpc) is 2.84. The molecule has 0 spiro atoms. The summed E-state index contributed by atoms with van der Waals surface area (Å²) in [7, 11) is 0. The van der Waals surface area contributed by atoms with Crippen LogP contribution in [0.25, 0.3) is 11.3 Å². The Kier molecular flexibility index (Phi) is 7.85. The van der Waals surface area contributed by atoms with Crippen molar-refractivity contribution >= 4 is 40.8 Å². The number of hydrogen-bond acceptors (Lipinski definition) is 6. The largest absolute Gasteiger partial charge is 0.382 e. The number of piperidine rings is 1. The number of aromatic nitrogens is 2. The molecule has 1 aromatic heterocycles. The van der Waals surface area contributed by atoms with Crippen LogP contribution in [0.15, 0.2) is 42.6 Å². The molecule has 0 radical (unpaired) electrons. The number of nitrogens with two attached hydrogens (primary N) is 1. The molecule has 2 heterocycles. The van der Waals surface area contributed by atoms with Crippen LogP contribution in [-0.2, 0) is 6.54 Å². The van der Waals surface area contributed by atoms with Crippen LogP contribution >= 0.6 is 23.2 Å². The highest BCUT2D eigenvalue weighted by Crippen LogP contribution is 2.25. The molecule has 1 saturated heterocycles. The Morgan fingerprint density at radius 1 is 1.20 bits per heavy atom. The fourth-order valence-electron chi connectivity index (χ4n) is 3.98. The lowest BCUT2D eigenvalue weighted by molar-refractivity contribution is 0.0923. The minimum Gasteiger partial charge on any atom is -0.382 e. The van der Waals surface area contributed by atoms with Crippen LogP contribution in [0.3, 0.4) is 0 Å². The van der Waals surface area contributed by atoms with E-state index >= 15 is 0 Å². The molecule has 1 aliphatic heterocycles. The minimum atomic E-state index is -0.366. The average molecular weight is 513 g/mol. The number of rotatable bonds is 6. The molecule has 1 atom stereocenters. The molecule has 2 aromatic carbocycles. The first kappa shape index (κ1) is 24.9. The third-order valence-corrected chi connectivity index (χ3v) is 6.43. The van der Waals surface area contributed by atoms with Crippen LogP contribution in [0, 0.1) is 6.92 Å². The van der Waals surface area contributed by atoms with Gasteiger partial charge in [0.2, 0.25) is 0 Å². The maximum Gasteiger partial charge on any atom is 0.274 e. The van der Waals surface area contributed by atoms with E-state index < -0.39 is 0 Å². The van der Waals surface area contributed by atoms with Crippen molar-refractivity contribution < 1.29 is 9.59 Å². The predicted molar refractivity (Wildman–Crippen MR) is 138 cm³/mol. The van der Waals surface area contributed by atoms with Gasteiger partial charge in [-0.15, -0.1) is 0 Å². The van der Waals surface area contributed by atoms with Crippen molar-refractivity contribution in [3.8, 4) is 11.3 Å². The summed E-state index contributed by atoms with van der Waals surface area (Å²) in [6, 6.07) is 10.4. The predicted octanol–water partition coefficient (Wildman–Crippen LogP) is 3.75. The Morgan fingerprint density at radius 2 is 2.03 bits per heavy atom. The van der Waals surface area contributed by atoms with E-state index in [-0.39, 0.29) is 35.9 Å². The van der Waals surface area contributed by atoms with Crippen molar-refractivity contribution in [1.29, 1.82) is 0 Å². The van der Waals surface area contributed by atoms with E-state index in [1.165, 1.54) is 6.20 Å². The lowest BCUT2D eigenvalue weighted by atomic mass is 10.1. The number of nitrogen functional groups attached to an aromatic ring is 1. The minimum absolute atomic E-state index is 0.0194. The van der Waals surface area contributed by atoms with Crippen molar-refractivity contribution in [2.24, 2.45) is 0 Å². The van der Waals surface area contributed by atoms with E-state index in [2.05, 4.69) is 25.9 Å². The van der Waals surface area contributed by atoms with Crippen LogP contribution < -0.4 is 21.7 Å². The van der Waals surface area contributed by atoms with Gasteiger partial charge in [0, 0.05) is 40.3 Å². The lowest BCUT2D eigenvalue weighted by Gasteiger charge is -2.23. The fourth-order valence-corrected chi connectivity index (χ4v) is 4.64. The Balaban J connectivity index is 1.50. The molecule has 4 rings (SSSR count). The highest BCUT2D eigenvalue weighted by atomic mass is 35.5. The molecular weight excluding hydrogens is 487 g/mol. The summed E-state index contributed by atoms with van der Waals surface area (Å²) in [6.45, 7) is 3.79. The Bertz CT molecular complexity index is 1240. The molecule has 0 unspecified atom stereocenters. The van der Waals surface area contributed by atoms with Crippen molar-refractivity contribution in [1.82, 2.24) is 25.9 Å². The lowest BCUT2D eigenvalue weighted by Crippen LogP contribution is -2.46. The molecule has 0 aliphatic carbocycles. The Labute approximate surface area is 213 Å². The first-order valence-corrected chi connectivity index (χ1v) is 12.0. The smallest absolute Gasteiger partial charge is 0.274 e. The highest BCUT2D eigenvalue weighted by Gasteiger charge is 2.20. The molecule has 1 fully saturated rings. The second-order valence-corrected chi connectivity index (χ2v) is 9.30. The van der Waals surface area contributed by atoms with Crippen LogP contribution in [-0.4, -0.2) is 40.9 Å². The number of carbonyl (C=O) groups is 2. The molecule has 8 nitrogen and oxygen atoms in total. The number of hydrogen-bond donors (Lipinski definition) is 4. The summed E-state index contributed by atoms with van der Waals surface area (Å²) >= 11 is 12.3. The van der Waals surface area contributed by atoms with Gasteiger partial charge in [-0.1, -0.05) is 35.3 Å². The first-order valence-electron chi connectivity index (χ1n) is 11.3. The number of benzene rings is 2. The summed E-state index contributed by atoms with van der Waals surface area (Å²) in [5.41, 5.74) is 9.22. The van der Waals surface area contributed by atoms with E-state index in [1.54, 1.807) is 36.4 Å². The Morgan fingerprint density at radius 3 is 2.77 bits per heavy atom. The van der Waals surface area contributed by atoms with E-state index in [0.29, 0.717) is 33.4 Å². The number of amides is 2.